The third-order valence-electron chi connectivity index (χ3n) is 5.98. The Balaban J connectivity index is 1.54. The largest absolute Gasteiger partial charge is 0.312 e. The van der Waals surface area contributed by atoms with Crippen LogP contribution in [0.25, 0.3) is 11.3 Å². The number of imidazole rings is 1. The number of aromatic nitrogens is 4. The molecule has 2 heterocycles. The Morgan fingerprint density at radius 1 is 1.11 bits per heavy atom. The zero-order valence-corrected chi connectivity index (χ0v) is 19.8. The molecule has 2 aromatic carbocycles. The van der Waals surface area contributed by atoms with Crippen LogP contribution in [0.2, 0.25) is 0 Å². The summed E-state index contributed by atoms with van der Waals surface area (Å²) in [6.07, 6.45) is 2.88. The summed E-state index contributed by atoms with van der Waals surface area (Å²) in [5.74, 6) is 0.0967. The Morgan fingerprint density at radius 3 is 2.57 bits per heavy atom. The van der Waals surface area contributed by atoms with Crippen LogP contribution in [0.3, 0.4) is 0 Å². The van der Waals surface area contributed by atoms with Crippen molar-refractivity contribution in [3.8, 4) is 17.3 Å². The van der Waals surface area contributed by atoms with Crippen LogP contribution in [-0.2, 0) is 24.3 Å². The van der Waals surface area contributed by atoms with Gasteiger partial charge in [-0.15, -0.1) is 0 Å². The van der Waals surface area contributed by atoms with Crippen molar-refractivity contribution in [1.82, 2.24) is 19.3 Å². The monoisotopic (exact) mass is 470 g/mol. The summed E-state index contributed by atoms with van der Waals surface area (Å²) in [7, 11) is 0. The molecule has 1 amide bonds. The third-order valence-corrected chi connectivity index (χ3v) is 5.98. The third kappa shape index (κ3) is 5.64. The number of halogens is 1. The first-order chi connectivity index (χ1) is 17.0. The molecule has 1 N–H and O–H groups in total. The highest BCUT2D eigenvalue weighted by Gasteiger charge is 2.18. The van der Waals surface area contributed by atoms with E-state index in [-0.39, 0.29) is 18.1 Å². The van der Waals surface area contributed by atoms with E-state index in [2.05, 4.69) is 21.5 Å². The number of aryl methyl sites for hydroxylation is 2. The van der Waals surface area contributed by atoms with Crippen LogP contribution in [-0.4, -0.2) is 25.2 Å². The van der Waals surface area contributed by atoms with Crippen LogP contribution in [0.1, 0.15) is 35.4 Å². The Hall–Kier alpha value is -4.25. The number of nitrogens with one attached hydrogen (secondary N) is 1. The van der Waals surface area contributed by atoms with Gasteiger partial charge in [0.2, 0.25) is 5.91 Å². The first kappa shape index (κ1) is 23.9. The fourth-order valence-corrected chi connectivity index (χ4v) is 4.13. The zero-order valence-electron chi connectivity index (χ0n) is 19.8. The summed E-state index contributed by atoms with van der Waals surface area (Å²) >= 11 is 0. The van der Waals surface area contributed by atoms with Crippen molar-refractivity contribution in [3.05, 3.63) is 89.3 Å². The lowest BCUT2D eigenvalue weighted by Gasteiger charge is -2.12. The van der Waals surface area contributed by atoms with Gasteiger partial charge in [-0.2, -0.15) is 10.4 Å². The zero-order chi connectivity index (χ0) is 24.8. The predicted molar refractivity (Wildman–Crippen MR) is 132 cm³/mol. The number of carbonyl (C=O) groups excluding carboxylic acids is 1. The highest BCUT2D eigenvalue weighted by Crippen LogP contribution is 2.28. The summed E-state index contributed by atoms with van der Waals surface area (Å²) < 4.78 is 17.2. The molecule has 0 fully saturated rings. The van der Waals surface area contributed by atoms with E-state index in [4.69, 9.17) is 5.26 Å². The normalized spacial score (nSPS) is 10.8. The van der Waals surface area contributed by atoms with E-state index in [9.17, 15) is 9.18 Å². The fourth-order valence-electron chi connectivity index (χ4n) is 4.13. The van der Waals surface area contributed by atoms with Gasteiger partial charge in [0, 0.05) is 17.7 Å². The molecule has 4 rings (SSSR count). The van der Waals surface area contributed by atoms with Crippen LogP contribution in [0.4, 0.5) is 10.2 Å². The SMILES string of the molecule is Cc1nn(CCC#N)c(C)c1CCC(=O)Nc1c(-c2ccc(F)cc2)ncn1Cc1ccccc1. The van der Waals surface area contributed by atoms with Crippen molar-refractivity contribution in [2.24, 2.45) is 0 Å². The van der Waals surface area contributed by atoms with Crippen molar-refractivity contribution in [3.63, 3.8) is 0 Å². The lowest BCUT2D eigenvalue weighted by atomic mass is 10.1. The molecule has 0 spiro atoms. The minimum Gasteiger partial charge on any atom is -0.312 e. The van der Waals surface area contributed by atoms with E-state index in [1.54, 1.807) is 18.5 Å². The van der Waals surface area contributed by atoms with Crippen molar-refractivity contribution in [2.45, 2.75) is 46.2 Å². The Bertz CT molecular complexity index is 1350. The minimum atomic E-state index is -0.330. The Kier molecular flexibility index (Phi) is 7.36. The fraction of sp³-hybridized carbons (Fsp3) is 0.259. The van der Waals surface area contributed by atoms with E-state index in [1.807, 2.05) is 53.4 Å². The van der Waals surface area contributed by atoms with Gasteiger partial charge in [-0.1, -0.05) is 30.3 Å². The first-order valence-corrected chi connectivity index (χ1v) is 11.5. The predicted octanol–water partition coefficient (Wildman–Crippen LogP) is 5.04. The van der Waals surface area contributed by atoms with Gasteiger partial charge in [0.05, 0.1) is 37.6 Å². The van der Waals surface area contributed by atoms with Crippen molar-refractivity contribution >= 4 is 11.7 Å². The maximum absolute atomic E-state index is 13.5. The molecule has 0 saturated heterocycles. The summed E-state index contributed by atoms with van der Waals surface area (Å²) in [6.45, 7) is 4.96. The maximum Gasteiger partial charge on any atom is 0.225 e. The van der Waals surface area contributed by atoms with Crippen molar-refractivity contribution in [1.29, 1.82) is 5.26 Å². The smallest absolute Gasteiger partial charge is 0.225 e. The molecule has 0 aliphatic carbocycles. The summed E-state index contributed by atoms with van der Waals surface area (Å²) in [5.41, 5.74) is 5.25. The molecule has 0 radical (unpaired) electrons. The van der Waals surface area contributed by atoms with E-state index in [1.165, 1.54) is 12.1 Å². The molecule has 35 heavy (non-hydrogen) atoms. The van der Waals surface area contributed by atoms with Gasteiger partial charge in [-0.25, -0.2) is 9.37 Å². The number of nitrogens with zero attached hydrogens (tertiary/aromatic N) is 5. The number of amides is 1. The van der Waals surface area contributed by atoms with Crippen LogP contribution in [0, 0.1) is 31.0 Å². The molecule has 0 unspecified atom stereocenters. The van der Waals surface area contributed by atoms with Crippen molar-refractivity contribution in [2.75, 3.05) is 5.32 Å². The van der Waals surface area contributed by atoms with Gasteiger partial charge >= 0.3 is 0 Å². The lowest BCUT2D eigenvalue weighted by Crippen LogP contribution is -2.16. The number of carbonyl (C=O) groups is 1. The van der Waals surface area contributed by atoms with Crippen LogP contribution < -0.4 is 5.32 Å². The summed E-state index contributed by atoms with van der Waals surface area (Å²) in [6, 6.07) is 18.1. The number of rotatable bonds is 9. The van der Waals surface area contributed by atoms with Gasteiger partial charge in [-0.05, 0) is 55.7 Å². The number of benzene rings is 2. The van der Waals surface area contributed by atoms with E-state index >= 15 is 0 Å². The van der Waals surface area contributed by atoms with E-state index in [0.717, 1.165) is 28.1 Å². The standard InChI is InChI=1S/C27H27FN6O/c1-19-24(20(2)34(32-19)16-6-15-29)13-14-25(35)31-27-26(22-9-11-23(28)12-10-22)30-18-33(27)17-21-7-4-3-5-8-21/h3-5,7-12,18H,6,13-14,16-17H2,1-2H3,(H,31,35). The van der Waals surface area contributed by atoms with Crippen LogP contribution in [0.5, 0.6) is 0 Å². The average Bonchev–Trinajstić information content (AvgIpc) is 3.36. The highest BCUT2D eigenvalue weighted by molar-refractivity contribution is 5.93. The molecule has 0 atom stereocenters. The van der Waals surface area contributed by atoms with Gasteiger partial charge < -0.3 is 9.88 Å². The lowest BCUT2D eigenvalue weighted by molar-refractivity contribution is -0.116. The summed E-state index contributed by atoms with van der Waals surface area (Å²) in [4.78, 5) is 17.6. The van der Waals surface area contributed by atoms with E-state index < -0.39 is 0 Å². The first-order valence-electron chi connectivity index (χ1n) is 11.5. The molecule has 0 aliphatic rings. The maximum atomic E-state index is 13.5. The number of nitriles is 1. The number of hydrogen-bond donors (Lipinski definition) is 1. The molecule has 178 valence electrons. The second-order valence-corrected chi connectivity index (χ2v) is 8.39. The molecule has 4 aromatic rings. The molecule has 0 saturated carbocycles. The number of hydrogen-bond acceptors (Lipinski definition) is 4. The molecule has 2 aromatic heterocycles. The Morgan fingerprint density at radius 2 is 1.86 bits per heavy atom. The van der Waals surface area contributed by atoms with Crippen LogP contribution in [0.15, 0.2) is 60.9 Å². The molecule has 8 heteroatoms. The molecule has 0 bridgehead atoms. The second kappa shape index (κ2) is 10.8. The van der Waals surface area contributed by atoms with Crippen molar-refractivity contribution < 1.29 is 9.18 Å². The van der Waals surface area contributed by atoms with E-state index in [0.29, 0.717) is 37.4 Å². The minimum absolute atomic E-state index is 0.147. The van der Waals surface area contributed by atoms with Gasteiger partial charge in [0.1, 0.15) is 17.3 Å². The van der Waals surface area contributed by atoms with Crippen LogP contribution >= 0.6 is 0 Å². The second-order valence-electron chi connectivity index (χ2n) is 8.39. The average molecular weight is 471 g/mol. The molecular formula is C27H27FN6O. The van der Waals surface area contributed by atoms with Gasteiger partial charge in [0.25, 0.3) is 0 Å². The molecular weight excluding hydrogens is 443 g/mol. The van der Waals surface area contributed by atoms with Gasteiger partial charge in [-0.3, -0.25) is 9.48 Å². The van der Waals surface area contributed by atoms with Gasteiger partial charge in [0.15, 0.2) is 0 Å². The molecule has 7 nitrogen and oxygen atoms in total. The quantitative estimate of drug-likeness (QED) is 0.371. The highest BCUT2D eigenvalue weighted by atomic mass is 19.1. The Labute approximate surface area is 203 Å². The topological polar surface area (TPSA) is 88.5 Å². The molecule has 0 aliphatic heterocycles. The summed E-state index contributed by atoms with van der Waals surface area (Å²) in [5, 5.41) is 16.4. The number of anilines is 1.